The smallest absolute Gasteiger partial charge is 0.411 e. The highest BCUT2D eigenvalue weighted by Crippen LogP contribution is 2.37. The molecule has 0 spiro atoms. The highest BCUT2D eigenvalue weighted by molar-refractivity contribution is 8.00. The van der Waals surface area contributed by atoms with E-state index >= 15 is 0 Å². The first-order valence-corrected chi connectivity index (χ1v) is 8.57. The van der Waals surface area contributed by atoms with Crippen molar-refractivity contribution >= 4 is 17.9 Å². The minimum absolute atomic E-state index is 0.139. The molecule has 0 bridgehead atoms. The number of cyclic esters (lactones) is 1. The summed E-state index contributed by atoms with van der Waals surface area (Å²) in [5.74, 6) is 0.691. The largest absolute Gasteiger partial charge is 0.439 e. The van der Waals surface area contributed by atoms with E-state index in [-0.39, 0.29) is 23.0 Å². The second kappa shape index (κ2) is 6.73. The van der Waals surface area contributed by atoms with Crippen LogP contribution in [-0.4, -0.2) is 27.7 Å². The van der Waals surface area contributed by atoms with Crippen LogP contribution >= 0.6 is 11.8 Å². The van der Waals surface area contributed by atoms with E-state index in [0.717, 1.165) is 18.4 Å². The minimum atomic E-state index is -0.181. The molecular weight excluding hydrogens is 282 g/mol. The lowest BCUT2D eigenvalue weighted by Crippen LogP contribution is -2.35. The molecule has 1 heterocycles. The van der Waals surface area contributed by atoms with Crippen molar-refractivity contribution < 1.29 is 9.53 Å². The Morgan fingerprint density at radius 3 is 2.48 bits per heavy atom. The van der Waals surface area contributed by atoms with Gasteiger partial charge in [0, 0.05) is 4.75 Å². The van der Waals surface area contributed by atoms with Crippen LogP contribution in [0.25, 0.3) is 0 Å². The van der Waals surface area contributed by atoms with E-state index in [2.05, 4.69) is 27.7 Å². The van der Waals surface area contributed by atoms with Crippen LogP contribution in [0.5, 0.6) is 0 Å². The Kier molecular flexibility index (Phi) is 5.20. The summed E-state index contributed by atoms with van der Waals surface area (Å²) in [5, 5.41) is 0. The van der Waals surface area contributed by atoms with Crippen LogP contribution in [0.4, 0.5) is 4.79 Å². The quantitative estimate of drug-likeness (QED) is 0.779. The van der Waals surface area contributed by atoms with Crippen molar-refractivity contribution in [1.29, 1.82) is 0 Å². The van der Waals surface area contributed by atoms with E-state index in [1.165, 1.54) is 0 Å². The number of benzene rings is 1. The first kappa shape index (κ1) is 16.2. The molecule has 0 radical (unpaired) electrons. The second-order valence-electron chi connectivity index (χ2n) is 6.43. The van der Waals surface area contributed by atoms with Crippen LogP contribution in [0.2, 0.25) is 0 Å². The van der Waals surface area contributed by atoms with Gasteiger partial charge in [-0.25, -0.2) is 4.79 Å². The summed E-state index contributed by atoms with van der Waals surface area (Å²) < 4.78 is 5.80. The van der Waals surface area contributed by atoms with E-state index in [1.807, 2.05) is 35.2 Å². The zero-order valence-corrected chi connectivity index (χ0v) is 14.2. The lowest BCUT2D eigenvalue weighted by atomic mass is 9.99. The summed E-state index contributed by atoms with van der Waals surface area (Å²) >= 11 is 1.79. The Morgan fingerprint density at radius 1 is 1.24 bits per heavy atom. The average molecular weight is 307 g/mol. The van der Waals surface area contributed by atoms with Gasteiger partial charge in [0.15, 0.2) is 0 Å². The van der Waals surface area contributed by atoms with Gasteiger partial charge in [-0.2, -0.15) is 0 Å². The molecule has 1 aromatic carbocycles. The van der Waals surface area contributed by atoms with Gasteiger partial charge in [0.25, 0.3) is 0 Å². The van der Waals surface area contributed by atoms with Gasteiger partial charge in [0.05, 0.1) is 11.9 Å². The Balaban J connectivity index is 2.15. The van der Waals surface area contributed by atoms with Gasteiger partial charge in [-0.3, -0.25) is 4.90 Å². The zero-order valence-electron chi connectivity index (χ0n) is 13.3. The molecular formula is C17H25NO2S. The number of carbonyl (C=O) groups is 1. The number of thioether (sulfide) groups is 1. The third kappa shape index (κ3) is 4.16. The molecule has 3 nitrogen and oxygen atoms in total. The Hall–Kier alpha value is -1.16. The van der Waals surface area contributed by atoms with Crippen LogP contribution in [0.3, 0.4) is 0 Å². The number of amides is 1. The second-order valence-corrected chi connectivity index (χ2v) is 8.20. The average Bonchev–Trinajstić information content (AvgIpc) is 2.74. The summed E-state index contributed by atoms with van der Waals surface area (Å²) in [5.41, 5.74) is 1.09. The van der Waals surface area contributed by atoms with Gasteiger partial charge < -0.3 is 4.74 Å². The van der Waals surface area contributed by atoms with Gasteiger partial charge >= 0.3 is 6.09 Å². The third-order valence-electron chi connectivity index (χ3n) is 3.56. The molecule has 1 amide bonds. The van der Waals surface area contributed by atoms with Crippen molar-refractivity contribution in [3.05, 3.63) is 35.9 Å². The summed E-state index contributed by atoms with van der Waals surface area (Å²) in [7, 11) is 0. The highest BCUT2D eigenvalue weighted by Gasteiger charge is 2.42. The fourth-order valence-corrected chi connectivity index (χ4v) is 3.32. The molecule has 2 rings (SSSR count). The molecule has 1 aliphatic rings. The maximum Gasteiger partial charge on any atom is 0.411 e. The van der Waals surface area contributed by atoms with Gasteiger partial charge in [0.1, 0.15) is 6.10 Å². The third-order valence-corrected chi connectivity index (χ3v) is 4.83. The van der Waals surface area contributed by atoms with Gasteiger partial charge in [-0.1, -0.05) is 64.4 Å². The number of nitrogens with zero attached hydrogens (tertiary/aromatic N) is 1. The van der Waals surface area contributed by atoms with Crippen LogP contribution in [0.15, 0.2) is 30.3 Å². The summed E-state index contributed by atoms with van der Waals surface area (Å²) in [6.07, 6.45) is 1.69. The van der Waals surface area contributed by atoms with E-state index < -0.39 is 0 Å². The molecule has 0 unspecified atom stereocenters. The zero-order chi connectivity index (χ0) is 15.5. The van der Waals surface area contributed by atoms with Crippen LogP contribution in [0.1, 0.15) is 52.2 Å². The Morgan fingerprint density at radius 2 is 1.90 bits per heavy atom. The van der Waals surface area contributed by atoms with Gasteiger partial charge in [0.2, 0.25) is 0 Å². The summed E-state index contributed by atoms with van der Waals surface area (Å²) in [6, 6.07) is 10.2. The highest BCUT2D eigenvalue weighted by atomic mass is 32.2. The van der Waals surface area contributed by atoms with Crippen molar-refractivity contribution in [2.45, 2.75) is 57.4 Å². The lowest BCUT2D eigenvalue weighted by Gasteiger charge is -2.27. The number of ether oxygens (including phenoxy) is 1. The Labute approximate surface area is 132 Å². The van der Waals surface area contributed by atoms with Crippen LogP contribution < -0.4 is 0 Å². The summed E-state index contributed by atoms with van der Waals surface area (Å²) in [4.78, 5) is 14.2. The summed E-state index contributed by atoms with van der Waals surface area (Å²) in [6.45, 7) is 8.66. The molecule has 116 valence electrons. The normalized spacial score (nSPS) is 22.5. The number of carbonyl (C=O) groups excluding carboxylic acids is 1. The Bertz CT molecular complexity index is 469. The molecule has 1 aromatic rings. The molecule has 21 heavy (non-hydrogen) atoms. The molecule has 0 aromatic heterocycles. The molecule has 0 aliphatic carbocycles. The van der Waals surface area contributed by atoms with Crippen molar-refractivity contribution in [1.82, 2.24) is 4.90 Å². The molecule has 1 fully saturated rings. The first-order chi connectivity index (χ1) is 9.92. The van der Waals surface area contributed by atoms with Crippen molar-refractivity contribution in [2.24, 2.45) is 0 Å². The van der Waals surface area contributed by atoms with Crippen LogP contribution in [-0.2, 0) is 4.74 Å². The fourth-order valence-electron chi connectivity index (χ4n) is 2.50. The number of rotatable bonds is 5. The topological polar surface area (TPSA) is 29.5 Å². The van der Waals surface area contributed by atoms with E-state index in [1.54, 1.807) is 11.8 Å². The van der Waals surface area contributed by atoms with E-state index in [9.17, 15) is 4.79 Å². The minimum Gasteiger partial charge on any atom is -0.439 e. The maximum atomic E-state index is 12.3. The van der Waals surface area contributed by atoms with Crippen molar-refractivity contribution in [2.75, 3.05) is 5.88 Å². The molecule has 1 saturated heterocycles. The predicted octanol–water partition coefficient (Wildman–Crippen LogP) is 4.84. The lowest BCUT2D eigenvalue weighted by molar-refractivity contribution is 0.129. The predicted molar refractivity (Wildman–Crippen MR) is 88.4 cm³/mol. The molecule has 1 aliphatic heterocycles. The fraction of sp³-hybridized carbons (Fsp3) is 0.588. The number of hydrogen-bond acceptors (Lipinski definition) is 3. The maximum absolute atomic E-state index is 12.3. The standard InChI is InChI=1S/C17H25NO2S/c1-5-9-14-15(13-10-7-6-8-11-13)20-16(19)18(14)12-21-17(2,3)4/h6-8,10-11,14-15H,5,9,12H2,1-4H3/t14-,15-/m1/s1. The number of hydrogen-bond donors (Lipinski definition) is 0. The molecule has 4 heteroatoms. The van der Waals surface area contributed by atoms with Gasteiger partial charge in [-0.15, -0.1) is 11.8 Å². The molecule has 0 saturated carbocycles. The van der Waals surface area contributed by atoms with Crippen molar-refractivity contribution in [3.8, 4) is 0 Å². The molecule has 0 N–H and O–H groups in total. The van der Waals surface area contributed by atoms with Crippen molar-refractivity contribution in [3.63, 3.8) is 0 Å². The van der Waals surface area contributed by atoms with E-state index in [0.29, 0.717) is 5.88 Å². The monoisotopic (exact) mass is 307 g/mol. The van der Waals surface area contributed by atoms with Gasteiger partial charge in [-0.05, 0) is 12.0 Å². The SMILES string of the molecule is CCC[C@@H]1[C@@H](c2ccccc2)OC(=O)N1CSC(C)(C)C. The van der Waals surface area contributed by atoms with E-state index in [4.69, 9.17) is 4.74 Å². The first-order valence-electron chi connectivity index (χ1n) is 7.58. The van der Waals surface area contributed by atoms with Crippen LogP contribution in [0, 0.1) is 0 Å². The molecule has 2 atom stereocenters.